The fraction of sp³-hybridized carbons (Fsp3) is 0.714. The molecule has 4 N–H and O–H groups in total. The SMILES string of the molecule is CC(C)N=C(NC(=S)S)NC(C)C.CCN=C(NCC)NC(=S)S. The van der Waals surface area contributed by atoms with E-state index in [0.717, 1.165) is 13.1 Å². The van der Waals surface area contributed by atoms with Crippen molar-refractivity contribution < 1.29 is 0 Å². The maximum atomic E-state index is 4.81. The summed E-state index contributed by atoms with van der Waals surface area (Å²) in [7, 11) is 0. The molecule has 0 saturated carbocycles. The molecular weight excluding hydrogens is 380 g/mol. The maximum absolute atomic E-state index is 4.81. The zero-order valence-corrected chi connectivity index (χ0v) is 18.6. The Labute approximate surface area is 168 Å². The normalized spacial score (nSPS) is 11.6. The lowest BCUT2D eigenvalue weighted by molar-refractivity contribution is 0.707. The first kappa shape index (κ1) is 25.7. The Balaban J connectivity index is 0. The summed E-state index contributed by atoms with van der Waals surface area (Å²) < 4.78 is 0.853. The largest absolute Gasteiger partial charge is 0.356 e. The van der Waals surface area contributed by atoms with Gasteiger partial charge in [0.05, 0.1) is 0 Å². The average molecular weight is 411 g/mol. The van der Waals surface area contributed by atoms with Crippen LogP contribution in [0.4, 0.5) is 0 Å². The van der Waals surface area contributed by atoms with Gasteiger partial charge in [0.2, 0.25) is 0 Å². The van der Waals surface area contributed by atoms with Crippen LogP contribution in [0.1, 0.15) is 41.5 Å². The van der Waals surface area contributed by atoms with Crippen molar-refractivity contribution in [2.24, 2.45) is 9.98 Å². The van der Waals surface area contributed by atoms with Crippen LogP contribution in [0.5, 0.6) is 0 Å². The van der Waals surface area contributed by atoms with Crippen LogP contribution in [-0.4, -0.2) is 45.7 Å². The molecule has 140 valence electrons. The Morgan fingerprint density at radius 3 is 1.79 bits per heavy atom. The number of hydrogen-bond acceptors (Lipinski definition) is 4. The van der Waals surface area contributed by atoms with Crippen LogP contribution < -0.4 is 21.3 Å². The number of hydrogen-bond donors (Lipinski definition) is 6. The first-order valence-corrected chi connectivity index (χ1v) is 9.45. The number of nitrogens with zero attached hydrogens (tertiary/aromatic N) is 2. The summed E-state index contributed by atoms with van der Waals surface area (Å²) in [5.41, 5.74) is 0. The monoisotopic (exact) mass is 410 g/mol. The Kier molecular flexibility index (Phi) is 17.0. The zero-order chi connectivity index (χ0) is 19.1. The van der Waals surface area contributed by atoms with Gasteiger partial charge >= 0.3 is 0 Å². The summed E-state index contributed by atoms with van der Waals surface area (Å²) in [5.74, 6) is 1.38. The molecule has 0 rings (SSSR count). The highest BCUT2D eigenvalue weighted by Crippen LogP contribution is 1.88. The van der Waals surface area contributed by atoms with Gasteiger partial charge in [-0.15, -0.1) is 25.3 Å². The van der Waals surface area contributed by atoms with E-state index < -0.39 is 0 Å². The number of nitrogens with one attached hydrogen (secondary N) is 4. The Hall–Kier alpha value is -0.580. The molecule has 0 aromatic heterocycles. The summed E-state index contributed by atoms with van der Waals surface area (Å²) in [4.78, 5) is 8.43. The molecule has 24 heavy (non-hydrogen) atoms. The van der Waals surface area contributed by atoms with Gasteiger partial charge in [0, 0.05) is 25.2 Å². The van der Waals surface area contributed by atoms with Crippen molar-refractivity contribution in [3.8, 4) is 0 Å². The van der Waals surface area contributed by atoms with Crippen molar-refractivity contribution in [3.05, 3.63) is 0 Å². The van der Waals surface area contributed by atoms with E-state index in [-0.39, 0.29) is 6.04 Å². The summed E-state index contributed by atoms with van der Waals surface area (Å²) in [6.45, 7) is 13.6. The van der Waals surface area contributed by atoms with Crippen LogP contribution in [0.2, 0.25) is 0 Å². The van der Waals surface area contributed by atoms with Crippen molar-refractivity contribution >= 4 is 70.3 Å². The van der Waals surface area contributed by atoms with E-state index >= 15 is 0 Å². The average Bonchev–Trinajstić information content (AvgIpc) is 2.36. The van der Waals surface area contributed by atoms with Gasteiger partial charge < -0.3 is 21.3 Å². The number of thiocarbonyl (C=S) groups is 2. The van der Waals surface area contributed by atoms with E-state index in [4.69, 9.17) is 24.4 Å². The van der Waals surface area contributed by atoms with Crippen molar-refractivity contribution in [2.75, 3.05) is 13.1 Å². The number of rotatable bonds is 4. The lowest BCUT2D eigenvalue weighted by atomic mass is 10.4. The minimum Gasteiger partial charge on any atom is -0.356 e. The maximum Gasteiger partial charge on any atom is 0.197 e. The van der Waals surface area contributed by atoms with Crippen molar-refractivity contribution in [1.82, 2.24) is 21.3 Å². The minimum absolute atomic E-state index is 0.233. The molecule has 0 bridgehead atoms. The van der Waals surface area contributed by atoms with Crippen molar-refractivity contribution in [1.29, 1.82) is 0 Å². The fourth-order valence-corrected chi connectivity index (χ4v) is 1.71. The molecule has 0 heterocycles. The molecule has 0 aromatic rings. The first-order chi connectivity index (χ1) is 11.1. The van der Waals surface area contributed by atoms with Crippen molar-refractivity contribution in [2.45, 2.75) is 53.6 Å². The van der Waals surface area contributed by atoms with Gasteiger partial charge in [-0.1, -0.05) is 24.4 Å². The van der Waals surface area contributed by atoms with Crippen LogP contribution in [0, 0.1) is 0 Å². The van der Waals surface area contributed by atoms with Gasteiger partial charge in [-0.3, -0.25) is 9.98 Å². The van der Waals surface area contributed by atoms with Gasteiger partial charge in [-0.05, 0) is 41.5 Å². The quantitative estimate of drug-likeness (QED) is 0.185. The van der Waals surface area contributed by atoms with Crippen LogP contribution in [0.25, 0.3) is 0 Å². The molecule has 0 aliphatic rings. The molecule has 0 aromatic carbocycles. The van der Waals surface area contributed by atoms with E-state index in [0.29, 0.717) is 26.6 Å². The molecule has 0 saturated heterocycles. The summed E-state index contributed by atoms with van der Waals surface area (Å²) in [5, 5.41) is 11.9. The fourth-order valence-electron chi connectivity index (χ4n) is 1.31. The molecule has 0 amide bonds. The first-order valence-electron chi connectivity index (χ1n) is 7.74. The van der Waals surface area contributed by atoms with Crippen LogP contribution >= 0.6 is 49.7 Å². The Bertz CT molecular complexity index is 435. The van der Waals surface area contributed by atoms with E-state index in [9.17, 15) is 0 Å². The van der Waals surface area contributed by atoms with E-state index in [1.54, 1.807) is 0 Å². The molecule has 0 aliphatic carbocycles. The van der Waals surface area contributed by atoms with Crippen LogP contribution in [0.15, 0.2) is 9.98 Å². The molecule has 0 radical (unpaired) electrons. The van der Waals surface area contributed by atoms with Crippen LogP contribution in [-0.2, 0) is 0 Å². The predicted octanol–water partition coefficient (Wildman–Crippen LogP) is 2.33. The second-order valence-corrected chi connectivity index (χ2v) is 7.40. The second kappa shape index (κ2) is 15.9. The Morgan fingerprint density at radius 1 is 0.958 bits per heavy atom. The third-order valence-corrected chi connectivity index (χ3v) is 2.35. The number of guanidine groups is 2. The minimum atomic E-state index is 0.233. The highest BCUT2D eigenvalue weighted by atomic mass is 32.1. The van der Waals surface area contributed by atoms with Gasteiger partial charge in [0.1, 0.15) is 8.64 Å². The summed E-state index contributed by atoms with van der Waals surface area (Å²) in [6.07, 6.45) is 0. The topological polar surface area (TPSA) is 72.8 Å². The third kappa shape index (κ3) is 19.5. The Morgan fingerprint density at radius 2 is 1.46 bits per heavy atom. The highest BCUT2D eigenvalue weighted by molar-refractivity contribution is 8.11. The number of thiol groups is 2. The molecule has 10 heteroatoms. The van der Waals surface area contributed by atoms with Gasteiger partial charge in [0.25, 0.3) is 0 Å². The molecule has 0 spiro atoms. The third-order valence-electron chi connectivity index (χ3n) is 1.92. The molecular formula is C14H30N6S4. The van der Waals surface area contributed by atoms with Gasteiger partial charge in [-0.2, -0.15) is 0 Å². The molecule has 0 aliphatic heterocycles. The molecule has 0 atom stereocenters. The van der Waals surface area contributed by atoms with E-state index in [1.165, 1.54) is 0 Å². The van der Waals surface area contributed by atoms with Crippen LogP contribution in [0.3, 0.4) is 0 Å². The van der Waals surface area contributed by atoms with Gasteiger partial charge in [0.15, 0.2) is 11.9 Å². The lowest BCUT2D eigenvalue weighted by Crippen LogP contribution is -2.42. The van der Waals surface area contributed by atoms with E-state index in [2.05, 4.69) is 56.5 Å². The molecule has 6 nitrogen and oxygen atoms in total. The van der Waals surface area contributed by atoms with E-state index in [1.807, 2.05) is 41.5 Å². The second-order valence-electron chi connectivity index (χ2n) is 5.08. The predicted molar refractivity (Wildman–Crippen MR) is 122 cm³/mol. The lowest BCUT2D eigenvalue weighted by Gasteiger charge is -2.14. The summed E-state index contributed by atoms with van der Waals surface area (Å²) in [6, 6.07) is 0.559. The molecule has 0 unspecified atom stereocenters. The van der Waals surface area contributed by atoms with Crippen molar-refractivity contribution in [3.63, 3.8) is 0 Å². The standard InChI is InChI=1S/C8H17N3S2.C6H13N3S2/c1-5(2)9-7(10-6(3)4)11-8(12)13;1-3-7-5(8-4-2)9-6(10)11/h5-6H,1-4H3,(H3,9,10,11,12,13);3-4H2,1-2H3,(H3,7,8,9,10,11). The molecule has 0 fully saturated rings. The van der Waals surface area contributed by atoms with Gasteiger partial charge in [-0.25, -0.2) is 0 Å². The zero-order valence-electron chi connectivity index (χ0n) is 15.2. The summed E-state index contributed by atoms with van der Waals surface area (Å²) >= 11 is 17.4. The smallest absolute Gasteiger partial charge is 0.197 e. The number of aliphatic imine (C=N–C) groups is 2. The highest BCUT2D eigenvalue weighted by Gasteiger charge is 2.02.